The lowest BCUT2D eigenvalue weighted by Crippen LogP contribution is -2.42. The molecule has 0 saturated carbocycles. The molecule has 0 N–H and O–H groups in total. The van der Waals surface area contributed by atoms with Crippen LogP contribution in [0.2, 0.25) is 0 Å². The van der Waals surface area contributed by atoms with E-state index in [1.54, 1.807) is 7.11 Å². The molecule has 0 aliphatic carbocycles. The molecule has 2 unspecified atom stereocenters. The fourth-order valence-corrected chi connectivity index (χ4v) is 4.52. The number of imide groups is 1. The molecule has 2 heterocycles. The van der Waals surface area contributed by atoms with Crippen molar-refractivity contribution in [2.75, 3.05) is 26.7 Å². The van der Waals surface area contributed by atoms with Gasteiger partial charge < -0.3 is 9.64 Å². The summed E-state index contributed by atoms with van der Waals surface area (Å²) in [5.41, 5.74) is 1.77. The van der Waals surface area contributed by atoms with Crippen molar-refractivity contribution in [3.8, 4) is 5.75 Å². The quantitative estimate of drug-likeness (QED) is 0.528. The first kappa shape index (κ1) is 20.4. The van der Waals surface area contributed by atoms with E-state index in [1.807, 2.05) is 24.3 Å². The second-order valence-corrected chi connectivity index (χ2v) is 8.24. The van der Waals surface area contributed by atoms with E-state index in [1.165, 1.54) is 4.90 Å². The van der Waals surface area contributed by atoms with E-state index in [9.17, 15) is 9.59 Å². The minimum absolute atomic E-state index is 0.150. The fourth-order valence-electron chi connectivity index (χ4n) is 4.52. The summed E-state index contributed by atoms with van der Waals surface area (Å²) in [4.78, 5) is 30.3. The summed E-state index contributed by atoms with van der Waals surface area (Å²) in [5, 5.41) is 0. The fraction of sp³-hybridized carbons (Fsp3) is 0.565. The molecule has 0 bridgehead atoms. The molecule has 3 rings (SSSR count). The minimum atomic E-state index is -0.188. The zero-order valence-electron chi connectivity index (χ0n) is 17.5. The third kappa shape index (κ3) is 3.94. The highest BCUT2D eigenvalue weighted by atomic mass is 16.5. The molecule has 2 aliphatic heterocycles. The summed E-state index contributed by atoms with van der Waals surface area (Å²) >= 11 is 0. The number of carbonyl (C=O) groups is 2. The number of para-hydroxylation sites is 1. The maximum atomic E-state index is 13.4. The first-order valence-corrected chi connectivity index (χ1v) is 10.5. The van der Waals surface area contributed by atoms with E-state index in [2.05, 4.69) is 25.7 Å². The molecule has 2 amide bonds. The topological polar surface area (TPSA) is 49.9 Å². The number of likely N-dealkylation sites (tertiary alicyclic amines) is 1. The molecule has 2 aliphatic rings. The number of carbonyl (C=O) groups excluding carboxylic acids is 2. The van der Waals surface area contributed by atoms with Crippen molar-refractivity contribution < 1.29 is 14.3 Å². The summed E-state index contributed by atoms with van der Waals surface area (Å²) in [6.45, 7) is 8.64. The normalized spacial score (nSPS) is 23.0. The Morgan fingerprint density at radius 1 is 1.04 bits per heavy atom. The maximum Gasteiger partial charge on any atom is 0.277 e. The van der Waals surface area contributed by atoms with Crippen molar-refractivity contribution in [1.82, 2.24) is 9.80 Å². The van der Waals surface area contributed by atoms with Crippen molar-refractivity contribution in [1.29, 1.82) is 0 Å². The lowest BCUT2D eigenvalue weighted by Gasteiger charge is -2.37. The summed E-state index contributed by atoms with van der Waals surface area (Å²) in [6, 6.07) is 7.50. The van der Waals surface area contributed by atoms with Crippen LogP contribution in [0.1, 0.15) is 52.0 Å². The molecule has 1 fully saturated rings. The number of methoxy groups -OCH3 is 1. The Bertz CT molecular complexity index is 761. The smallest absolute Gasteiger partial charge is 0.277 e. The van der Waals surface area contributed by atoms with Crippen LogP contribution in [0.15, 0.2) is 30.0 Å². The molecule has 1 aromatic carbocycles. The molecular formula is C23H32N2O3. The maximum absolute atomic E-state index is 13.4. The lowest BCUT2D eigenvalue weighted by molar-refractivity contribution is -0.137. The number of nitrogens with zero attached hydrogens (tertiary/aromatic N) is 2. The molecule has 0 spiro atoms. The van der Waals surface area contributed by atoms with Crippen LogP contribution in [0.4, 0.5) is 0 Å². The van der Waals surface area contributed by atoms with Crippen LogP contribution in [0.3, 0.4) is 0 Å². The van der Waals surface area contributed by atoms with E-state index in [0.717, 1.165) is 38.8 Å². The van der Waals surface area contributed by atoms with Crippen LogP contribution in [0.5, 0.6) is 5.75 Å². The Labute approximate surface area is 168 Å². The Kier molecular flexibility index (Phi) is 6.42. The van der Waals surface area contributed by atoms with E-state index in [-0.39, 0.29) is 11.8 Å². The summed E-state index contributed by atoms with van der Waals surface area (Å²) in [5.74, 6) is 1.28. The molecule has 1 aromatic rings. The predicted molar refractivity (Wildman–Crippen MR) is 111 cm³/mol. The number of hydrogen-bond donors (Lipinski definition) is 0. The highest BCUT2D eigenvalue weighted by Gasteiger charge is 2.43. The third-order valence-electron chi connectivity index (χ3n) is 5.69. The number of hydrogen-bond acceptors (Lipinski definition) is 4. The van der Waals surface area contributed by atoms with E-state index in [4.69, 9.17) is 4.74 Å². The van der Waals surface area contributed by atoms with Crippen molar-refractivity contribution in [2.24, 2.45) is 11.8 Å². The van der Waals surface area contributed by atoms with Gasteiger partial charge in [-0.1, -0.05) is 51.8 Å². The SMILES string of the molecule is CCCCCN1C(=O)C(c2ccccc2OC)=C(N2CC(C)CC(C)C2)C1=O. The van der Waals surface area contributed by atoms with Crippen molar-refractivity contribution >= 4 is 17.4 Å². The van der Waals surface area contributed by atoms with Gasteiger partial charge in [-0.2, -0.15) is 0 Å². The van der Waals surface area contributed by atoms with Crippen LogP contribution in [0.25, 0.3) is 5.57 Å². The zero-order valence-corrected chi connectivity index (χ0v) is 17.5. The highest BCUT2D eigenvalue weighted by Crippen LogP contribution is 2.38. The number of ether oxygens (including phenoxy) is 1. The van der Waals surface area contributed by atoms with E-state index in [0.29, 0.717) is 41.0 Å². The second kappa shape index (κ2) is 8.80. The number of amides is 2. The van der Waals surface area contributed by atoms with Crippen LogP contribution in [-0.4, -0.2) is 48.4 Å². The molecule has 0 aromatic heterocycles. The summed E-state index contributed by atoms with van der Waals surface area (Å²) < 4.78 is 5.52. The third-order valence-corrected chi connectivity index (χ3v) is 5.69. The Hall–Kier alpha value is -2.30. The molecular weight excluding hydrogens is 352 g/mol. The van der Waals surface area contributed by atoms with Crippen LogP contribution >= 0.6 is 0 Å². The van der Waals surface area contributed by atoms with Gasteiger partial charge in [-0.25, -0.2) is 0 Å². The number of rotatable bonds is 7. The van der Waals surface area contributed by atoms with Gasteiger partial charge in [0.15, 0.2) is 0 Å². The van der Waals surface area contributed by atoms with Gasteiger partial charge in [0.05, 0.1) is 12.7 Å². The van der Waals surface area contributed by atoms with Gasteiger partial charge in [-0.05, 0) is 30.7 Å². The molecule has 2 atom stereocenters. The largest absolute Gasteiger partial charge is 0.496 e. The molecule has 0 radical (unpaired) electrons. The van der Waals surface area contributed by atoms with Gasteiger partial charge in [0.2, 0.25) is 0 Å². The Morgan fingerprint density at radius 3 is 2.36 bits per heavy atom. The van der Waals surface area contributed by atoms with Crippen molar-refractivity contribution in [3.05, 3.63) is 35.5 Å². The van der Waals surface area contributed by atoms with E-state index >= 15 is 0 Å². The summed E-state index contributed by atoms with van der Waals surface area (Å²) in [7, 11) is 1.60. The van der Waals surface area contributed by atoms with Gasteiger partial charge in [0.25, 0.3) is 11.8 Å². The van der Waals surface area contributed by atoms with Crippen LogP contribution in [-0.2, 0) is 9.59 Å². The average molecular weight is 385 g/mol. The number of benzene rings is 1. The second-order valence-electron chi connectivity index (χ2n) is 8.24. The van der Waals surface area contributed by atoms with Gasteiger partial charge in [-0.3, -0.25) is 14.5 Å². The molecule has 1 saturated heterocycles. The first-order valence-electron chi connectivity index (χ1n) is 10.5. The van der Waals surface area contributed by atoms with E-state index < -0.39 is 0 Å². The zero-order chi connectivity index (χ0) is 20.3. The van der Waals surface area contributed by atoms with Gasteiger partial charge in [0.1, 0.15) is 11.4 Å². The molecule has 5 heteroatoms. The average Bonchev–Trinajstić information content (AvgIpc) is 2.91. The van der Waals surface area contributed by atoms with Crippen molar-refractivity contribution in [3.63, 3.8) is 0 Å². The van der Waals surface area contributed by atoms with Gasteiger partial charge >= 0.3 is 0 Å². The Morgan fingerprint density at radius 2 is 1.71 bits per heavy atom. The standard InChI is InChI=1S/C23H32N2O3/c1-5-6-9-12-25-22(26)20(18-10-7-8-11-19(18)28-4)21(23(25)27)24-14-16(2)13-17(3)15-24/h7-8,10-11,16-17H,5-6,9,12-15H2,1-4H3. The minimum Gasteiger partial charge on any atom is -0.496 e. The molecule has 28 heavy (non-hydrogen) atoms. The predicted octanol–water partition coefficient (Wildman–Crippen LogP) is 3.94. The van der Waals surface area contributed by atoms with Crippen LogP contribution < -0.4 is 4.74 Å². The molecule has 152 valence electrons. The van der Waals surface area contributed by atoms with Gasteiger partial charge in [-0.15, -0.1) is 0 Å². The monoisotopic (exact) mass is 384 g/mol. The van der Waals surface area contributed by atoms with Gasteiger partial charge in [0, 0.05) is 25.2 Å². The first-order chi connectivity index (χ1) is 13.5. The van der Waals surface area contributed by atoms with Crippen molar-refractivity contribution in [2.45, 2.75) is 46.5 Å². The summed E-state index contributed by atoms with van der Waals surface area (Å²) in [6.07, 6.45) is 4.05. The van der Waals surface area contributed by atoms with Crippen LogP contribution in [0, 0.1) is 11.8 Å². The number of piperidine rings is 1. The number of unbranched alkanes of at least 4 members (excludes halogenated alkanes) is 2. The lowest BCUT2D eigenvalue weighted by atomic mass is 9.91. The highest BCUT2D eigenvalue weighted by molar-refractivity contribution is 6.36. The molecule has 5 nitrogen and oxygen atoms in total. The Balaban J connectivity index is 2.05.